The van der Waals surface area contributed by atoms with Gasteiger partial charge in [0.25, 0.3) is 0 Å². The number of ether oxygens (including phenoxy) is 2. The summed E-state index contributed by atoms with van der Waals surface area (Å²) in [7, 11) is 3.20. The van der Waals surface area contributed by atoms with Gasteiger partial charge in [-0.15, -0.1) is 0 Å². The molecule has 0 aliphatic carbocycles. The minimum absolute atomic E-state index is 0.458. The number of hydrogen-bond acceptors (Lipinski definition) is 5. The maximum atomic E-state index is 5.24. The minimum atomic E-state index is 0.458. The molecule has 1 aromatic rings. The lowest BCUT2D eigenvalue weighted by atomic mass is 10.0. The van der Waals surface area contributed by atoms with Crippen molar-refractivity contribution in [2.24, 2.45) is 5.92 Å². The Hall–Kier alpha value is -1.36. The summed E-state index contributed by atoms with van der Waals surface area (Å²) in [6, 6.07) is 0.458. The quantitative estimate of drug-likeness (QED) is 0.805. The average Bonchev–Trinajstić information content (AvgIpc) is 2.38. The van der Waals surface area contributed by atoms with Crippen LogP contribution in [0.25, 0.3) is 0 Å². The van der Waals surface area contributed by atoms with Crippen molar-refractivity contribution in [1.29, 1.82) is 0 Å². The van der Waals surface area contributed by atoms with Crippen molar-refractivity contribution in [1.82, 2.24) is 15.3 Å². The lowest BCUT2D eigenvalue weighted by molar-refractivity contribution is 0.344. The molecular formula is C13H23N3O2. The predicted molar refractivity (Wildman–Crippen MR) is 70.9 cm³/mol. The minimum Gasteiger partial charge on any atom is -0.481 e. The van der Waals surface area contributed by atoms with Crippen molar-refractivity contribution in [2.45, 2.75) is 39.8 Å². The van der Waals surface area contributed by atoms with Gasteiger partial charge in [-0.3, -0.25) is 0 Å². The molecule has 0 saturated carbocycles. The maximum absolute atomic E-state index is 5.24. The first-order valence-electron chi connectivity index (χ1n) is 6.29. The topological polar surface area (TPSA) is 56.3 Å². The van der Waals surface area contributed by atoms with Crippen LogP contribution in [0.5, 0.6) is 11.8 Å². The van der Waals surface area contributed by atoms with E-state index in [-0.39, 0.29) is 0 Å². The summed E-state index contributed by atoms with van der Waals surface area (Å²) in [6.45, 7) is 7.23. The van der Waals surface area contributed by atoms with E-state index in [0.717, 1.165) is 12.0 Å². The Balaban J connectivity index is 2.82. The molecule has 18 heavy (non-hydrogen) atoms. The molecule has 5 nitrogen and oxygen atoms in total. The van der Waals surface area contributed by atoms with Gasteiger partial charge in [0.1, 0.15) is 6.33 Å². The van der Waals surface area contributed by atoms with Crippen molar-refractivity contribution in [3.63, 3.8) is 0 Å². The highest BCUT2D eigenvalue weighted by Gasteiger charge is 2.16. The van der Waals surface area contributed by atoms with Gasteiger partial charge in [0.05, 0.1) is 19.8 Å². The van der Waals surface area contributed by atoms with E-state index in [0.29, 0.717) is 30.3 Å². The van der Waals surface area contributed by atoms with E-state index >= 15 is 0 Å². The summed E-state index contributed by atoms with van der Waals surface area (Å²) < 4.78 is 10.5. The summed E-state index contributed by atoms with van der Waals surface area (Å²) >= 11 is 0. The Morgan fingerprint density at radius 3 is 2.11 bits per heavy atom. The first-order chi connectivity index (χ1) is 8.63. The lowest BCUT2D eigenvalue weighted by Gasteiger charge is -2.21. The first kappa shape index (κ1) is 14.7. The molecule has 1 rings (SSSR count). The summed E-state index contributed by atoms with van der Waals surface area (Å²) in [4.78, 5) is 8.20. The number of nitrogens with one attached hydrogen (secondary N) is 1. The number of methoxy groups -OCH3 is 2. The van der Waals surface area contributed by atoms with Crippen LogP contribution in [0.1, 0.15) is 32.8 Å². The number of aromatic nitrogens is 2. The molecule has 0 bridgehead atoms. The van der Waals surface area contributed by atoms with Gasteiger partial charge in [-0.2, -0.15) is 0 Å². The molecule has 1 N–H and O–H groups in total. The van der Waals surface area contributed by atoms with Crippen LogP contribution in [0.2, 0.25) is 0 Å². The zero-order chi connectivity index (χ0) is 13.5. The Morgan fingerprint density at radius 1 is 1.17 bits per heavy atom. The second-order valence-corrected chi connectivity index (χ2v) is 4.51. The zero-order valence-corrected chi connectivity index (χ0v) is 11.9. The molecule has 0 aromatic carbocycles. The van der Waals surface area contributed by atoms with Crippen LogP contribution in [0.4, 0.5) is 0 Å². The van der Waals surface area contributed by atoms with Gasteiger partial charge in [0, 0.05) is 12.6 Å². The molecule has 0 spiro atoms. The normalized spacial score (nSPS) is 12.6. The fourth-order valence-electron chi connectivity index (χ4n) is 1.97. The fraction of sp³-hybridized carbons (Fsp3) is 0.692. The van der Waals surface area contributed by atoms with Crippen molar-refractivity contribution in [3.8, 4) is 11.8 Å². The summed E-state index contributed by atoms with van der Waals surface area (Å²) in [5.41, 5.74) is 0.863. The Kier molecular flexibility index (Phi) is 5.85. The standard InChI is InChI=1S/C13H23N3O2/c1-6-11(9(2)3)14-7-10-12(17-4)15-8-16-13(10)18-5/h8-9,11,14H,6-7H2,1-5H3. The van der Waals surface area contributed by atoms with Crippen LogP contribution >= 0.6 is 0 Å². The first-order valence-corrected chi connectivity index (χ1v) is 6.29. The van der Waals surface area contributed by atoms with E-state index in [1.54, 1.807) is 14.2 Å². The maximum Gasteiger partial charge on any atom is 0.224 e. The monoisotopic (exact) mass is 253 g/mol. The number of nitrogens with zero attached hydrogens (tertiary/aromatic N) is 2. The fourth-order valence-corrected chi connectivity index (χ4v) is 1.97. The third-order valence-electron chi connectivity index (χ3n) is 3.04. The molecule has 0 aliphatic heterocycles. The number of hydrogen-bond donors (Lipinski definition) is 1. The van der Waals surface area contributed by atoms with Crippen molar-refractivity contribution < 1.29 is 9.47 Å². The molecule has 5 heteroatoms. The van der Waals surface area contributed by atoms with E-state index in [4.69, 9.17) is 9.47 Å². The molecule has 0 saturated heterocycles. The van der Waals surface area contributed by atoms with Crippen LogP contribution in [0.3, 0.4) is 0 Å². The lowest BCUT2D eigenvalue weighted by Crippen LogP contribution is -2.33. The van der Waals surface area contributed by atoms with Crippen molar-refractivity contribution >= 4 is 0 Å². The van der Waals surface area contributed by atoms with E-state index in [1.807, 2.05) is 0 Å². The van der Waals surface area contributed by atoms with Gasteiger partial charge < -0.3 is 14.8 Å². The van der Waals surface area contributed by atoms with E-state index in [9.17, 15) is 0 Å². The van der Waals surface area contributed by atoms with Gasteiger partial charge in [-0.25, -0.2) is 9.97 Å². The number of rotatable bonds is 7. The van der Waals surface area contributed by atoms with E-state index in [2.05, 4.69) is 36.1 Å². The Bertz CT molecular complexity index is 347. The molecule has 0 amide bonds. The van der Waals surface area contributed by atoms with Gasteiger partial charge >= 0.3 is 0 Å². The van der Waals surface area contributed by atoms with Gasteiger partial charge in [-0.1, -0.05) is 20.8 Å². The molecule has 0 fully saturated rings. The summed E-state index contributed by atoms with van der Waals surface area (Å²) in [6.07, 6.45) is 2.52. The highest BCUT2D eigenvalue weighted by atomic mass is 16.5. The Morgan fingerprint density at radius 2 is 1.72 bits per heavy atom. The molecule has 1 atom stereocenters. The molecule has 1 heterocycles. The molecule has 102 valence electrons. The smallest absolute Gasteiger partial charge is 0.224 e. The molecule has 0 radical (unpaired) electrons. The molecule has 0 aliphatic rings. The zero-order valence-electron chi connectivity index (χ0n) is 11.9. The van der Waals surface area contributed by atoms with E-state index < -0.39 is 0 Å². The second kappa shape index (κ2) is 7.16. The van der Waals surface area contributed by atoms with Crippen molar-refractivity contribution in [3.05, 3.63) is 11.9 Å². The third kappa shape index (κ3) is 3.57. The molecule has 1 unspecified atom stereocenters. The van der Waals surface area contributed by atoms with Crippen LogP contribution in [0, 0.1) is 5.92 Å². The summed E-state index contributed by atoms with van der Waals surface area (Å²) in [5.74, 6) is 1.71. The molecule has 1 aromatic heterocycles. The second-order valence-electron chi connectivity index (χ2n) is 4.51. The average molecular weight is 253 g/mol. The molecular weight excluding hydrogens is 230 g/mol. The van der Waals surface area contributed by atoms with Crippen LogP contribution in [-0.2, 0) is 6.54 Å². The van der Waals surface area contributed by atoms with Crippen LogP contribution < -0.4 is 14.8 Å². The summed E-state index contributed by atoms with van der Waals surface area (Å²) in [5, 5.41) is 3.49. The van der Waals surface area contributed by atoms with Gasteiger partial charge in [-0.05, 0) is 12.3 Å². The van der Waals surface area contributed by atoms with Gasteiger partial charge in [0.2, 0.25) is 11.8 Å². The van der Waals surface area contributed by atoms with Crippen molar-refractivity contribution in [2.75, 3.05) is 14.2 Å². The SMILES string of the molecule is CCC(NCc1c(OC)ncnc1OC)C(C)C. The largest absolute Gasteiger partial charge is 0.481 e. The Labute approximate surface area is 109 Å². The third-order valence-corrected chi connectivity index (χ3v) is 3.04. The van der Waals surface area contributed by atoms with Crippen LogP contribution in [0.15, 0.2) is 6.33 Å². The highest BCUT2D eigenvalue weighted by Crippen LogP contribution is 2.23. The highest BCUT2D eigenvalue weighted by molar-refractivity contribution is 5.34. The van der Waals surface area contributed by atoms with Gasteiger partial charge in [0.15, 0.2) is 0 Å². The van der Waals surface area contributed by atoms with Crippen LogP contribution in [-0.4, -0.2) is 30.2 Å². The van der Waals surface area contributed by atoms with E-state index in [1.165, 1.54) is 6.33 Å². The predicted octanol–water partition coefficient (Wildman–Crippen LogP) is 2.02.